The maximum atomic E-state index is 6.08. The van der Waals surface area contributed by atoms with E-state index in [1.165, 1.54) is 25.7 Å². The molecule has 2 N–H and O–H groups in total. The molecule has 0 aromatic heterocycles. The number of hydrogen-bond acceptors (Lipinski definition) is 1. The first kappa shape index (κ1) is 14.0. The lowest BCUT2D eigenvalue weighted by Crippen LogP contribution is -2.24. The van der Waals surface area contributed by atoms with Crippen LogP contribution in [-0.2, 0) is 0 Å². The molecular formula is C13H29N. The summed E-state index contributed by atoms with van der Waals surface area (Å²) in [5, 5.41) is 0. The highest BCUT2D eigenvalue weighted by Crippen LogP contribution is 2.18. The summed E-state index contributed by atoms with van der Waals surface area (Å²) in [5.41, 5.74) is 6.08. The molecule has 2 unspecified atom stereocenters. The third-order valence-electron chi connectivity index (χ3n) is 2.72. The molecule has 0 aromatic carbocycles. The van der Waals surface area contributed by atoms with Gasteiger partial charge in [0, 0.05) is 6.04 Å². The molecule has 0 fully saturated rings. The largest absolute Gasteiger partial charge is 0.328 e. The van der Waals surface area contributed by atoms with Crippen molar-refractivity contribution in [2.75, 3.05) is 0 Å². The average Bonchev–Trinajstić information content (AvgIpc) is 1.98. The lowest BCUT2D eigenvalue weighted by atomic mass is 9.91. The second-order valence-corrected chi connectivity index (χ2v) is 5.70. The summed E-state index contributed by atoms with van der Waals surface area (Å²) in [5.74, 6) is 2.37. The van der Waals surface area contributed by atoms with Gasteiger partial charge in [-0.25, -0.2) is 0 Å². The van der Waals surface area contributed by atoms with Crippen molar-refractivity contribution >= 4 is 0 Å². The van der Waals surface area contributed by atoms with Gasteiger partial charge in [-0.3, -0.25) is 0 Å². The third-order valence-corrected chi connectivity index (χ3v) is 2.72. The van der Waals surface area contributed by atoms with E-state index in [1.807, 2.05) is 0 Å². The molecule has 14 heavy (non-hydrogen) atoms. The topological polar surface area (TPSA) is 26.0 Å². The maximum absolute atomic E-state index is 6.08. The summed E-state index contributed by atoms with van der Waals surface area (Å²) in [7, 11) is 0. The molecule has 0 rings (SSSR count). The lowest BCUT2D eigenvalue weighted by molar-refractivity contribution is 0.367. The Hall–Kier alpha value is -0.0400. The summed E-state index contributed by atoms with van der Waals surface area (Å²) < 4.78 is 0. The van der Waals surface area contributed by atoms with Gasteiger partial charge in [0.25, 0.3) is 0 Å². The molecule has 0 saturated carbocycles. The fourth-order valence-corrected chi connectivity index (χ4v) is 1.95. The van der Waals surface area contributed by atoms with Crippen molar-refractivity contribution < 1.29 is 0 Å². The predicted octanol–water partition coefficient (Wildman–Crippen LogP) is 3.82. The van der Waals surface area contributed by atoms with E-state index in [0.29, 0.717) is 6.04 Å². The standard InChI is InChI=1S/C13H29N/c1-10(2)6-7-12(5)9-13(14)8-11(3)4/h10-13H,6-9,14H2,1-5H3. The Kier molecular flexibility index (Phi) is 7.26. The summed E-state index contributed by atoms with van der Waals surface area (Å²) in [6.07, 6.45) is 5.05. The van der Waals surface area contributed by atoms with Gasteiger partial charge >= 0.3 is 0 Å². The van der Waals surface area contributed by atoms with Crippen molar-refractivity contribution in [3.63, 3.8) is 0 Å². The summed E-state index contributed by atoms with van der Waals surface area (Å²) in [6, 6.07) is 0.414. The summed E-state index contributed by atoms with van der Waals surface area (Å²) in [6.45, 7) is 11.4. The molecule has 2 atom stereocenters. The molecule has 1 heteroatoms. The Morgan fingerprint density at radius 1 is 0.786 bits per heavy atom. The molecule has 0 spiro atoms. The van der Waals surface area contributed by atoms with Crippen LogP contribution >= 0.6 is 0 Å². The van der Waals surface area contributed by atoms with Gasteiger partial charge in [0.05, 0.1) is 0 Å². The van der Waals surface area contributed by atoms with Gasteiger partial charge in [-0.15, -0.1) is 0 Å². The maximum Gasteiger partial charge on any atom is 0.00437 e. The van der Waals surface area contributed by atoms with E-state index in [-0.39, 0.29) is 0 Å². The van der Waals surface area contributed by atoms with E-state index in [0.717, 1.165) is 17.8 Å². The normalized spacial score (nSPS) is 16.3. The first-order chi connectivity index (χ1) is 6.41. The van der Waals surface area contributed by atoms with E-state index < -0.39 is 0 Å². The van der Waals surface area contributed by atoms with Gasteiger partial charge in [-0.1, -0.05) is 47.5 Å². The Morgan fingerprint density at radius 2 is 1.36 bits per heavy atom. The van der Waals surface area contributed by atoms with Crippen LogP contribution in [0.5, 0.6) is 0 Å². The summed E-state index contributed by atoms with van der Waals surface area (Å²) in [4.78, 5) is 0. The van der Waals surface area contributed by atoms with Crippen LogP contribution in [0.15, 0.2) is 0 Å². The highest BCUT2D eigenvalue weighted by atomic mass is 14.6. The molecule has 0 saturated heterocycles. The summed E-state index contributed by atoms with van der Waals surface area (Å²) >= 11 is 0. The number of rotatable bonds is 7. The molecule has 0 aromatic rings. The fourth-order valence-electron chi connectivity index (χ4n) is 1.95. The minimum Gasteiger partial charge on any atom is -0.328 e. The molecule has 0 bridgehead atoms. The zero-order valence-corrected chi connectivity index (χ0v) is 10.7. The molecule has 0 heterocycles. The SMILES string of the molecule is CC(C)CCC(C)CC(N)CC(C)C. The predicted molar refractivity (Wildman–Crippen MR) is 65.3 cm³/mol. The van der Waals surface area contributed by atoms with E-state index in [2.05, 4.69) is 34.6 Å². The molecule has 0 amide bonds. The van der Waals surface area contributed by atoms with Gasteiger partial charge < -0.3 is 5.73 Å². The van der Waals surface area contributed by atoms with Crippen LogP contribution in [0.3, 0.4) is 0 Å². The van der Waals surface area contributed by atoms with Crippen molar-refractivity contribution in [3.8, 4) is 0 Å². The molecule has 1 nitrogen and oxygen atoms in total. The van der Waals surface area contributed by atoms with Crippen molar-refractivity contribution in [2.24, 2.45) is 23.5 Å². The van der Waals surface area contributed by atoms with Crippen LogP contribution in [0.4, 0.5) is 0 Å². The van der Waals surface area contributed by atoms with Gasteiger partial charge in [-0.05, 0) is 30.6 Å². The Bertz CT molecular complexity index is 129. The monoisotopic (exact) mass is 199 g/mol. The van der Waals surface area contributed by atoms with E-state index >= 15 is 0 Å². The Morgan fingerprint density at radius 3 is 1.79 bits per heavy atom. The minimum absolute atomic E-state index is 0.414. The van der Waals surface area contributed by atoms with E-state index in [9.17, 15) is 0 Å². The van der Waals surface area contributed by atoms with Crippen molar-refractivity contribution in [3.05, 3.63) is 0 Å². The molecule has 86 valence electrons. The highest BCUT2D eigenvalue weighted by Gasteiger charge is 2.11. The fraction of sp³-hybridized carbons (Fsp3) is 1.00. The van der Waals surface area contributed by atoms with E-state index in [1.54, 1.807) is 0 Å². The zero-order valence-electron chi connectivity index (χ0n) is 10.7. The van der Waals surface area contributed by atoms with Gasteiger partial charge in [0.1, 0.15) is 0 Å². The molecular weight excluding hydrogens is 170 g/mol. The van der Waals surface area contributed by atoms with Gasteiger partial charge in [0.2, 0.25) is 0 Å². The van der Waals surface area contributed by atoms with Crippen LogP contribution in [0, 0.1) is 17.8 Å². The average molecular weight is 199 g/mol. The molecule has 0 aliphatic carbocycles. The number of nitrogens with two attached hydrogens (primary N) is 1. The molecule has 0 aliphatic rings. The lowest BCUT2D eigenvalue weighted by Gasteiger charge is -2.19. The highest BCUT2D eigenvalue weighted by molar-refractivity contribution is 4.67. The van der Waals surface area contributed by atoms with Crippen LogP contribution in [-0.4, -0.2) is 6.04 Å². The van der Waals surface area contributed by atoms with Crippen LogP contribution in [0.2, 0.25) is 0 Å². The van der Waals surface area contributed by atoms with Crippen molar-refractivity contribution in [2.45, 2.75) is 66.3 Å². The smallest absolute Gasteiger partial charge is 0.00437 e. The van der Waals surface area contributed by atoms with Gasteiger partial charge in [-0.2, -0.15) is 0 Å². The van der Waals surface area contributed by atoms with Crippen molar-refractivity contribution in [1.82, 2.24) is 0 Å². The molecule has 0 aliphatic heterocycles. The Labute approximate surface area is 90.5 Å². The van der Waals surface area contributed by atoms with Crippen LogP contribution < -0.4 is 5.73 Å². The third kappa shape index (κ3) is 8.55. The van der Waals surface area contributed by atoms with Gasteiger partial charge in [0.15, 0.2) is 0 Å². The first-order valence-electron chi connectivity index (χ1n) is 6.17. The first-order valence-corrected chi connectivity index (χ1v) is 6.17. The Balaban J connectivity index is 3.55. The minimum atomic E-state index is 0.414. The van der Waals surface area contributed by atoms with E-state index in [4.69, 9.17) is 5.73 Å². The second-order valence-electron chi connectivity index (χ2n) is 5.70. The van der Waals surface area contributed by atoms with Crippen LogP contribution in [0.25, 0.3) is 0 Å². The van der Waals surface area contributed by atoms with Crippen LogP contribution in [0.1, 0.15) is 60.3 Å². The zero-order chi connectivity index (χ0) is 11.1. The molecule has 0 radical (unpaired) electrons. The second kappa shape index (κ2) is 7.28. The van der Waals surface area contributed by atoms with Crippen molar-refractivity contribution in [1.29, 1.82) is 0 Å². The number of hydrogen-bond donors (Lipinski definition) is 1. The quantitative estimate of drug-likeness (QED) is 0.662.